The first-order valence-electron chi connectivity index (χ1n) is 7.77. The van der Waals surface area contributed by atoms with Crippen LogP contribution in [-0.4, -0.2) is 55.3 Å². The molecule has 1 spiro atoms. The second-order valence-electron chi connectivity index (χ2n) is 6.35. The Balaban J connectivity index is 1.67. The number of fused-ring (bicyclic) bond motifs is 1. The van der Waals surface area contributed by atoms with Crippen molar-refractivity contribution in [2.75, 3.05) is 44.8 Å². The van der Waals surface area contributed by atoms with Crippen molar-refractivity contribution in [3.8, 4) is 0 Å². The first-order valence-corrected chi connectivity index (χ1v) is 8.15. The van der Waals surface area contributed by atoms with Crippen molar-refractivity contribution in [1.82, 2.24) is 9.88 Å². The first-order chi connectivity index (χ1) is 10.7. The molecule has 1 unspecified atom stereocenters. The number of pyridine rings is 1. The van der Waals surface area contributed by atoms with Crippen molar-refractivity contribution in [3.05, 3.63) is 35.4 Å². The number of hydrogen-bond acceptors (Lipinski definition) is 4. The molecule has 22 heavy (non-hydrogen) atoms. The van der Waals surface area contributed by atoms with Gasteiger partial charge in [0.15, 0.2) is 0 Å². The summed E-state index contributed by atoms with van der Waals surface area (Å²) in [5.41, 5.74) is 1.10. The summed E-state index contributed by atoms with van der Waals surface area (Å²) >= 11 is 6.24. The second kappa shape index (κ2) is 5.37. The minimum absolute atomic E-state index is 0.142. The smallest absolute Gasteiger partial charge is 0.129 e. The van der Waals surface area contributed by atoms with Gasteiger partial charge in [0.05, 0.1) is 17.7 Å². The van der Waals surface area contributed by atoms with E-state index in [-0.39, 0.29) is 5.54 Å². The van der Waals surface area contributed by atoms with Gasteiger partial charge in [0.1, 0.15) is 5.82 Å². The van der Waals surface area contributed by atoms with Crippen molar-refractivity contribution >= 4 is 28.3 Å². The molecule has 0 amide bonds. The maximum atomic E-state index is 6.24. The molecule has 116 valence electrons. The highest BCUT2D eigenvalue weighted by Gasteiger charge is 2.43. The van der Waals surface area contributed by atoms with Crippen LogP contribution in [0.5, 0.6) is 0 Å². The van der Waals surface area contributed by atoms with Crippen LogP contribution in [0, 0.1) is 0 Å². The molecule has 0 radical (unpaired) electrons. The number of piperazine rings is 1. The Morgan fingerprint density at radius 3 is 2.95 bits per heavy atom. The van der Waals surface area contributed by atoms with Crippen LogP contribution in [0.15, 0.2) is 30.3 Å². The van der Waals surface area contributed by atoms with Crippen molar-refractivity contribution in [1.29, 1.82) is 0 Å². The highest BCUT2D eigenvalue weighted by Crippen LogP contribution is 2.32. The van der Waals surface area contributed by atoms with Gasteiger partial charge in [0.25, 0.3) is 0 Å². The van der Waals surface area contributed by atoms with E-state index in [0.717, 1.165) is 61.0 Å². The summed E-state index contributed by atoms with van der Waals surface area (Å²) in [5.74, 6) is 1.04. The largest absolute Gasteiger partial charge is 0.379 e. The molecular formula is C17H20ClN3O. The molecule has 5 heteroatoms. The van der Waals surface area contributed by atoms with Crippen molar-refractivity contribution in [2.45, 2.75) is 12.0 Å². The summed E-state index contributed by atoms with van der Waals surface area (Å²) in [6.45, 7) is 4.69. The van der Waals surface area contributed by atoms with E-state index in [1.165, 1.54) is 0 Å². The molecule has 1 aromatic heterocycles. The average molecular weight is 318 g/mol. The molecule has 0 bridgehead atoms. The van der Waals surface area contributed by atoms with E-state index < -0.39 is 0 Å². The molecule has 2 aliphatic heterocycles. The summed E-state index contributed by atoms with van der Waals surface area (Å²) in [6.07, 6.45) is 1.10. The highest BCUT2D eigenvalue weighted by atomic mass is 35.5. The van der Waals surface area contributed by atoms with Crippen LogP contribution in [0.4, 0.5) is 5.82 Å². The second-order valence-corrected chi connectivity index (χ2v) is 6.75. The summed E-state index contributed by atoms with van der Waals surface area (Å²) in [7, 11) is 2.21. The third-order valence-electron chi connectivity index (χ3n) is 5.07. The van der Waals surface area contributed by atoms with Gasteiger partial charge < -0.3 is 9.64 Å². The Morgan fingerprint density at radius 1 is 1.23 bits per heavy atom. The van der Waals surface area contributed by atoms with Gasteiger partial charge in [-0.15, -0.1) is 0 Å². The van der Waals surface area contributed by atoms with Gasteiger partial charge in [-0.05, 0) is 37.7 Å². The fourth-order valence-electron chi connectivity index (χ4n) is 3.56. The molecule has 4 rings (SSSR count). The number of benzene rings is 1. The van der Waals surface area contributed by atoms with E-state index in [9.17, 15) is 0 Å². The molecule has 2 aliphatic rings. The van der Waals surface area contributed by atoms with Crippen LogP contribution in [0.1, 0.15) is 6.42 Å². The predicted octanol–water partition coefficient (Wildman–Crippen LogP) is 2.80. The average Bonchev–Trinajstić information content (AvgIpc) is 2.99. The highest BCUT2D eigenvalue weighted by molar-refractivity contribution is 6.35. The van der Waals surface area contributed by atoms with Crippen LogP contribution in [0.25, 0.3) is 10.9 Å². The third kappa shape index (κ3) is 2.26. The summed E-state index contributed by atoms with van der Waals surface area (Å²) in [6, 6.07) is 10.1. The lowest BCUT2D eigenvalue weighted by atomic mass is 9.93. The van der Waals surface area contributed by atoms with Gasteiger partial charge in [-0.1, -0.05) is 17.7 Å². The maximum Gasteiger partial charge on any atom is 0.129 e. The van der Waals surface area contributed by atoms with Crippen LogP contribution in [0.2, 0.25) is 5.02 Å². The summed E-state index contributed by atoms with van der Waals surface area (Å²) < 4.78 is 5.67. The minimum atomic E-state index is 0.142. The number of anilines is 1. The minimum Gasteiger partial charge on any atom is -0.379 e. The Morgan fingerprint density at radius 2 is 2.14 bits per heavy atom. The molecule has 4 nitrogen and oxygen atoms in total. The van der Waals surface area contributed by atoms with E-state index >= 15 is 0 Å². The fraction of sp³-hybridized carbons (Fsp3) is 0.471. The first kappa shape index (κ1) is 14.2. The summed E-state index contributed by atoms with van der Waals surface area (Å²) in [5, 5.41) is 1.77. The van der Waals surface area contributed by atoms with Gasteiger partial charge in [0.2, 0.25) is 0 Å². The van der Waals surface area contributed by atoms with Gasteiger partial charge >= 0.3 is 0 Å². The third-order valence-corrected chi connectivity index (χ3v) is 5.40. The van der Waals surface area contributed by atoms with Gasteiger partial charge in [0, 0.05) is 36.7 Å². The van der Waals surface area contributed by atoms with Gasteiger partial charge in [-0.2, -0.15) is 0 Å². The maximum absolute atomic E-state index is 6.24. The number of hydrogen-bond donors (Lipinski definition) is 0. The number of nitrogens with zero attached hydrogens (tertiary/aromatic N) is 3. The van der Waals surface area contributed by atoms with E-state index in [2.05, 4.69) is 29.0 Å². The van der Waals surface area contributed by atoms with Gasteiger partial charge in [-0.3, -0.25) is 4.90 Å². The van der Waals surface area contributed by atoms with Crippen molar-refractivity contribution < 1.29 is 4.74 Å². The van der Waals surface area contributed by atoms with Crippen LogP contribution >= 0.6 is 11.6 Å². The van der Waals surface area contributed by atoms with Crippen LogP contribution in [0.3, 0.4) is 0 Å². The Labute approximate surface area is 135 Å². The molecule has 0 saturated carbocycles. The Bertz CT molecular complexity index is 699. The Hall–Kier alpha value is -1.36. The number of rotatable bonds is 1. The van der Waals surface area contributed by atoms with Crippen molar-refractivity contribution in [3.63, 3.8) is 0 Å². The van der Waals surface area contributed by atoms with Gasteiger partial charge in [-0.25, -0.2) is 4.98 Å². The normalized spacial score (nSPS) is 26.2. The zero-order valence-electron chi connectivity index (χ0n) is 12.8. The molecule has 2 aromatic rings. The molecule has 1 atom stereocenters. The standard InChI is InChI=1S/C17H20ClN3O/c1-20-8-9-21(11-17(20)7-10-22-12-17)16-6-5-13-14(18)3-2-4-15(13)19-16/h2-6H,7-12H2,1H3. The molecular weight excluding hydrogens is 298 g/mol. The zero-order chi connectivity index (χ0) is 15.2. The van der Waals surface area contributed by atoms with E-state index in [0.29, 0.717) is 0 Å². The number of aromatic nitrogens is 1. The zero-order valence-corrected chi connectivity index (χ0v) is 13.5. The van der Waals surface area contributed by atoms with E-state index in [4.69, 9.17) is 21.3 Å². The molecule has 0 aliphatic carbocycles. The van der Waals surface area contributed by atoms with Crippen LogP contribution in [-0.2, 0) is 4.74 Å². The molecule has 3 heterocycles. The number of likely N-dealkylation sites (N-methyl/N-ethyl adjacent to an activating group) is 1. The quantitative estimate of drug-likeness (QED) is 0.808. The fourth-order valence-corrected chi connectivity index (χ4v) is 3.80. The van der Waals surface area contributed by atoms with E-state index in [1.807, 2.05) is 18.2 Å². The van der Waals surface area contributed by atoms with Crippen LogP contribution < -0.4 is 4.90 Å². The molecule has 1 aromatic carbocycles. The topological polar surface area (TPSA) is 28.6 Å². The number of ether oxygens (including phenoxy) is 1. The van der Waals surface area contributed by atoms with E-state index in [1.54, 1.807) is 0 Å². The Kier molecular flexibility index (Phi) is 3.48. The van der Waals surface area contributed by atoms with Crippen molar-refractivity contribution in [2.24, 2.45) is 0 Å². The molecule has 2 fully saturated rings. The lowest BCUT2D eigenvalue weighted by Gasteiger charge is -2.47. The predicted molar refractivity (Wildman–Crippen MR) is 89.8 cm³/mol. The SMILES string of the molecule is CN1CCN(c2ccc3c(Cl)cccc3n2)CC12CCOC2. The molecule has 0 N–H and O–H groups in total. The summed E-state index contributed by atoms with van der Waals surface area (Å²) in [4.78, 5) is 9.66. The lowest BCUT2D eigenvalue weighted by Crippen LogP contribution is -2.61. The molecule has 2 saturated heterocycles. The monoisotopic (exact) mass is 317 g/mol. The number of halogens is 1. The lowest BCUT2D eigenvalue weighted by molar-refractivity contribution is 0.0775.